The van der Waals surface area contributed by atoms with Gasteiger partial charge >= 0.3 is 0 Å². The molecule has 1 fully saturated rings. The number of nitro benzene ring substituents is 1. The molecule has 1 aliphatic heterocycles. The van der Waals surface area contributed by atoms with Gasteiger partial charge in [-0.2, -0.15) is 4.31 Å². The van der Waals surface area contributed by atoms with E-state index < -0.39 is 14.9 Å². The van der Waals surface area contributed by atoms with Crippen molar-refractivity contribution in [2.75, 3.05) is 24.5 Å². The molecule has 10 heteroatoms. The zero-order valence-corrected chi connectivity index (χ0v) is 16.7. The number of hydrogen-bond donors (Lipinski definition) is 0. The number of anilines is 1. The summed E-state index contributed by atoms with van der Waals surface area (Å²) in [5.74, 6) is 0. The Bertz CT molecular complexity index is 967. The van der Waals surface area contributed by atoms with Crippen LogP contribution in [0.3, 0.4) is 0 Å². The highest BCUT2D eigenvalue weighted by Crippen LogP contribution is 2.33. The molecule has 1 heterocycles. The number of hydrogen-bond acceptors (Lipinski definition) is 5. The molecule has 0 spiro atoms. The smallest absolute Gasteiger partial charge is 0.294 e. The highest BCUT2D eigenvalue weighted by atomic mass is 35.5. The summed E-state index contributed by atoms with van der Waals surface area (Å²) in [5, 5.41) is 12.1. The summed E-state index contributed by atoms with van der Waals surface area (Å²) in [6.07, 6.45) is 0. The lowest BCUT2D eigenvalue weighted by molar-refractivity contribution is -0.384. The third-order valence-electron chi connectivity index (χ3n) is 4.46. The fraction of sp³-hybridized carbons (Fsp3) is 0.294. The van der Waals surface area contributed by atoms with Crippen LogP contribution in [-0.4, -0.2) is 43.3 Å². The van der Waals surface area contributed by atoms with Crippen molar-refractivity contribution >= 4 is 44.6 Å². The van der Waals surface area contributed by atoms with Gasteiger partial charge in [-0.3, -0.25) is 10.1 Å². The van der Waals surface area contributed by atoms with Crippen molar-refractivity contribution in [1.82, 2.24) is 4.31 Å². The standard InChI is InChI=1S/C17H17Cl2N3O4S/c1-12-11-20(16-7-4-14(19)10-17(16)22(23)24)8-9-21(12)27(25,26)15-5-2-13(18)3-6-15/h2-7,10,12H,8-9,11H2,1H3/t12-/m1/s1. The van der Waals surface area contributed by atoms with Gasteiger partial charge in [0.25, 0.3) is 5.69 Å². The SMILES string of the molecule is C[C@@H]1CN(c2ccc(Cl)cc2[N+](=O)[O-])CCN1S(=O)(=O)c1ccc(Cl)cc1. The average molecular weight is 430 g/mol. The summed E-state index contributed by atoms with van der Waals surface area (Å²) in [7, 11) is -3.67. The predicted octanol–water partition coefficient (Wildman–Crippen LogP) is 3.80. The monoisotopic (exact) mass is 429 g/mol. The Labute approximate surface area is 167 Å². The molecule has 1 atom stereocenters. The van der Waals surface area contributed by atoms with E-state index in [1.807, 2.05) is 4.90 Å². The number of nitro groups is 1. The zero-order valence-electron chi connectivity index (χ0n) is 14.4. The molecule has 144 valence electrons. The molecule has 0 aromatic heterocycles. The number of rotatable bonds is 4. The first-order valence-corrected chi connectivity index (χ1v) is 10.4. The van der Waals surface area contributed by atoms with Crippen LogP contribution >= 0.6 is 23.2 Å². The van der Waals surface area contributed by atoms with E-state index in [2.05, 4.69) is 0 Å². The third-order valence-corrected chi connectivity index (χ3v) is 6.98. The van der Waals surface area contributed by atoms with Crippen LogP contribution in [0, 0.1) is 10.1 Å². The van der Waals surface area contributed by atoms with E-state index in [4.69, 9.17) is 23.2 Å². The van der Waals surface area contributed by atoms with Crippen molar-refractivity contribution in [2.45, 2.75) is 17.9 Å². The molecular weight excluding hydrogens is 413 g/mol. The maximum atomic E-state index is 12.9. The summed E-state index contributed by atoms with van der Waals surface area (Å²) in [5.41, 5.74) is 0.337. The highest BCUT2D eigenvalue weighted by Gasteiger charge is 2.35. The first-order valence-electron chi connectivity index (χ1n) is 8.16. The molecule has 1 aliphatic rings. The average Bonchev–Trinajstić information content (AvgIpc) is 2.61. The molecule has 27 heavy (non-hydrogen) atoms. The molecule has 2 aromatic carbocycles. The third kappa shape index (κ3) is 4.03. The van der Waals surface area contributed by atoms with Crippen molar-refractivity contribution in [3.05, 3.63) is 62.6 Å². The normalized spacial score (nSPS) is 18.5. The van der Waals surface area contributed by atoms with Gasteiger partial charge in [0.15, 0.2) is 0 Å². The van der Waals surface area contributed by atoms with Gasteiger partial charge in [-0.05, 0) is 43.3 Å². The summed E-state index contributed by atoms with van der Waals surface area (Å²) in [4.78, 5) is 12.8. The summed E-state index contributed by atoms with van der Waals surface area (Å²) < 4.78 is 27.2. The van der Waals surface area contributed by atoms with Crippen LogP contribution in [0.5, 0.6) is 0 Å². The lowest BCUT2D eigenvalue weighted by atomic mass is 10.2. The zero-order chi connectivity index (χ0) is 19.8. The van der Waals surface area contributed by atoms with Crippen molar-refractivity contribution in [3.63, 3.8) is 0 Å². The van der Waals surface area contributed by atoms with Crippen LogP contribution in [0.2, 0.25) is 10.0 Å². The van der Waals surface area contributed by atoms with Crippen molar-refractivity contribution in [1.29, 1.82) is 0 Å². The lowest BCUT2D eigenvalue weighted by Gasteiger charge is -2.39. The number of nitrogens with zero attached hydrogens (tertiary/aromatic N) is 3. The molecule has 1 saturated heterocycles. The van der Waals surface area contributed by atoms with E-state index >= 15 is 0 Å². The second kappa shape index (κ2) is 7.63. The van der Waals surface area contributed by atoms with E-state index in [-0.39, 0.29) is 28.2 Å². The Balaban J connectivity index is 1.84. The fourth-order valence-electron chi connectivity index (χ4n) is 3.17. The van der Waals surface area contributed by atoms with Crippen molar-refractivity contribution < 1.29 is 13.3 Å². The molecule has 7 nitrogen and oxygen atoms in total. The topological polar surface area (TPSA) is 83.8 Å². The second-order valence-corrected chi connectivity index (χ2v) is 9.02. The Morgan fingerprint density at radius 1 is 1.07 bits per heavy atom. The van der Waals surface area contributed by atoms with Crippen LogP contribution in [-0.2, 0) is 10.0 Å². The molecular formula is C17H17Cl2N3O4S. The number of benzene rings is 2. The van der Waals surface area contributed by atoms with E-state index in [0.717, 1.165) is 0 Å². The summed E-state index contributed by atoms with van der Waals surface area (Å²) >= 11 is 11.7. The van der Waals surface area contributed by atoms with Gasteiger partial charge in [0, 0.05) is 41.8 Å². The number of piperazine rings is 1. The molecule has 0 bridgehead atoms. The number of halogens is 2. The van der Waals surface area contributed by atoms with E-state index in [9.17, 15) is 18.5 Å². The quantitative estimate of drug-likeness (QED) is 0.544. The minimum absolute atomic E-state index is 0.0938. The Morgan fingerprint density at radius 2 is 1.70 bits per heavy atom. The maximum Gasteiger partial charge on any atom is 0.294 e. The van der Waals surface area contributed by atoms with Crippen LogP contribution in [0.1, 0.15) is 6.92 Å². The summed E-state index contributed by atoms with van der Waals surface area (Å²) in [6.45, 7) is 2.65. The lowest BCUT2D eigenvalue weighted by Crippen LogP contribution is -2.54. The van der Waals surface area contributed by atoms with Crippen molar-refractivity contribution in [2.24, 2.45) is 0 Å². The molecule has 0 aliphatic carbocycles. The van der Waals surface area contributed by atoms with Crippen LogP contribution < -0.4 is 4.90 Å². The molecule has 3 rings (SSSR count). The van der Waals surface area contributed by atoms with Gasteiger partial charge < -0.3 is 4.90 Å². The summed E-state index contributed by atoms with van der Waals surface area (Å²) in [6, 6.07) is 10.1. The second-order valence-electron chi connectivity index (χ2n) is 6.25. The van der Waals surface area contributed by atoms with E-state index in [1.54, 1.807) is 19.1 Å². The molecule has 0 unspecified atom stereocenters. The first kappa shape index (κ1) is 19.9. The van der Waals surface area contributed by atoms with Gasteiger partial charge in [0.05, 0.1) is 9.82 Å². The van der Waals surface area contributed by atoms with E-state index in [1.165, 1.54) is 34.6 Å². The molecule has 0 amide bonds. The van der Waals surface area contributed by atoms with Gasteiger partial charge in [-0.15, -0.1) is 0 Å². The minimum atomic E-state index is -3.67. The molecule has 0 N–H and O–H groups in total. The Hall–Kier alpha value is -1.87. The highest BCUT2D eigenvalue weighted by molar-refractivity contribution is 7.89. The first-order chi connectivity index (χ1) is 12.7. The predicted molar refractivity (Wildman–Crippen MR) is 105 cm³/mol. The molecule has 0 radical (unpaired) electrons. The van der Waals surface area contributed by atoms with Crippen LogP contribution in [0.4, 0.5) is 11.4 Å². The Morgan fingerprint density at radius 3 is 2.30 bits per heavy atom. The number of sulfonamides is 1. The van der Waals surface area contributed by atoms with Crippen molar-refractivity contribution in [3.8, 4) is 0 Å². The molecule has 0 saturated carbocycles. The van der Waals surface area contributed by atoms with Gasteiger partial charge in [-0.25, -0.2) is 8.42 Å². The fourth-order valence-corrected chi connectivity index (χ4v) is 5.07. The van der Waals surface area contributed by atoms with Crippen LogP contribution in [0.25, 0.3) is 0 Å². The molecule has 2 aromatic rings. The largest absolute Gasteiger partial charge is 0.363 e. The maximum absolute atomic E-state index is 12.9. The Kier molecular flexibility index (Phi) is 5.62. The van der Waals surface area contributed by atoms with Gasteiger partial charge in [0.2, 0.25) is 10.0 Å². The van der Waals surface area contributed by atoms with Gasteiger partial charge in [0.1, 0.15) is 5.69 Å². The van der Waals surface area contributed by atoms with Crippen LogP contribution in [0.15, 0.2) is 47.4 Å². The van der Waals surface area contributed by atoms with E-state index in [0.29, 0.717) is 23.8 Å². The van der Waals surface area contributed by atoms with Gasteiger partial charge in [-0.1, -0.05) is 23.2 Å². The minimum Gasteiger partial charge on any atom is -0.363 e.